The Bertz CT molecular complexity index is 565. The molecule has 19 heavy (non-hydrogen) atoms. The van der Waals surface area contributed by atoms with Crippen LogP contribution < -0.4 is 10.1 Å². The van der Waals surface area contributed by atoms with Gasteiger partial charge in [-0.1, -0.05) is 30.3 Å². The number of hydrogen-bond acceptors (Lipinski definition) is 2. The summed E-state index contributed by atoms with van der Waals surface area (Å²) in [5, 5.41) is 3.62. The van der Waals surface area contributed by atoms with E-state index in [1.165, 1.54) is 17.5 Å². The fourth-order valence-electron chi connectivity index (χ4n) is 2.75. The molecule has 1 aliphatic carbocycles. The van der Waals surface area contributed by atoms with E-state index in [0.29, 0.717) is 12.6 Å². The number of fused-ring (bicyclic) bond motifs is 1. The van der Waals surface area contributed by atoms with Crippen LogP contribution in [0.15, 0.2) is 48.5 Å². The van der Waals surface area contributed by atoms with Gasteiger partial charge in [-0.3, -0.25) is 0 Å². The molecule has 3 rings (SSSR count). The Balaban J connectivity index is 1.77. The lowest BCUT2D eigenvalue weighted by Gasteiger charge is -2.16. The predicted octanol–water partition coefficient (Wildman–Crippen LogP) is 4.18. The van der Waals surface area contributed by atoms with E-state index in [0.717, 1.165) is 17.9 Å². The Labute approximate surface area is 114 Å². The van der Waals surface area contributed by atoms with Crippen LogP contribution in [0.2, 0.25) is 0 Å². The van der Waals surface area contributed by atoms with Crippen LogP contribution in [0.3, 0.4) is 0 Å². The molecule has 1 N–H and O–H groups in total. The van der Waals surface area contributed by atoms with Crippen molar-refractivity contribution >= 4 is 5.69 Å². The molecule has 1 aliphatic rings. The van der Waals surface area contributed by atoms with Crippen molar-refractivity contribution in [3.8, 4) is 5.75 Å². The van der Waals surface area contributed by atoms with Gasteiger partial charge in [0.05, 0.1) is 12.6 Å². The van der Waals surface area contributed by atoms with E-state index in [1.54, 1.807) is 0 Å². The minimum absolute atomic E-state index is 0.424. The number of ether oxygens (including phenoxy) is 1. The van der Waals surface area contributed by atoms with Gasteiger partial charge >= 0.3 is 0 Å². The molecular weight excluding hydrogens is 234 g/mol. The number of rotatable bonds is 4. The van der Waals surface area contributed by atoms with Crippen molar-refractivity contribution in [2.75, 3.05) is 11.9 Å². The average Bonchev–Trinajstić information content (AvgIpc) is 2.83. The zero-order valence-corrected chi connectivity index (χ0v) is 11.2. The highest BCUT2D eigenvalue weighted by atomic mass is 16.5. The summed E-state index contributed by atoms with van der Waals surface area (Å²) >= 11 is 0. The molecule has 2 aromatic rings. The van der Waals surface area contributed by atoms with E-state index in [-0.39, 0.29) is 0 Å². The minimum atomic E-state index is 0.424. The number of hydrogen-bond donors (Lipinski definition) is 1. The lowest BCUT2D eigenvalue weighted by Crippen LogP contribution is -2.07. The van der Waals surface area contributed by atoms with Gasteiger partial charge < -0.3 is 10.1 Å². The molecule has 1 atom stereocenters. The van der Waals surface area contributed by atoms with Crippen LogP contribution >= 0.6 is 0 Å². The molecule has 0 aromatic heterocycles. The second kappa shape index (κ2) is 5.35. The molecular formula is C17H19NO. The second-order valence-electron chi connectivity index (χ2n) is 4.90. The Hall–Kier alpha value is -1.96. The highest BCUT2D eigenvalue weighted by Gasteiger charge is 2.21. The summed E-state index contributed by atoms with van der Waals surface area (Å²) in [6.45, 7) is 2.71. The second-order valence-corrected chi connectivity index (χ2v) is 4.90. The molecule has 2 nitrogen and oxygen atoms in total. The van der Waals surface area contributed by atoms with Crippen LogP contribution in [0.5, 0.6) is 5.75 Å². The Morgan fingerprint density at radius 3 is 2.95 bits per heavy atom. The molecule has 2 aromatic carbocycles. The van der Waals surface area contributed by atoms with Gasteiger partial charge in [0, 0.05) is 11.8 Å². The highest BCUT2D eigenvalue weighted by Crippen LogP contribution is 2.34. The largest absolute Gasteiger partial charge is 0.494 e. The van der Waals surface area contributed by atoms with Crippen molar-refractivity contribution in [1.29, 1.82) is 0 Å². The maximum Gasteiger partial charge on any atom is 0.121 e. The lowest BCUT2D eigenvalue weighted by molar-refractivity contribution is 0.340. The van der Waals surface area contributed by atoms with E-state index < -0.39 is 0 Å². The van der Waals surface area contributed by atoms with Crippen molar-refractivity contribution in [3.05, 3.63) is 59.7 Å². The zero-order valence-electron chi connectivity index (χ0n) is 11.2. The van der Waals surface area contributed by atoms with Crippen LogP contribution in [-0.4, -0.2) is 6.61 Å². The van der Waals surface area contributed by atoms with Gasteiger partial charge in [-0.15, -0.1) is 0 Å². The normalized spacial score (nSPS) is 17.0. The third-order valence-electron chi connectivity index (χ3n) is 3.62. The summed E-state index contributed by atoms with van der Waals surface area (Å²) in [5.41, 5.74) is 4.04. The molecule has 0 amide bonds. The third kappa shape index (κ3) is 2.58. The van der Waals surface area contributed by atoms with Crippen molar-refractivity contribution in [2.45, 2.75) is 25.8 Å². The molecule has 1 unspecified atom stereocenters. The molecule has 0 bridgehead atoms. The summed E-state index contributed by atoms with van der Waals surface area (Å²) in [5.74, 6) is 0.929. The summed E-state index contributed by atoms with van der Waals surface area (Å²) in [6.07, 6.45) is 2.33. The van der Waals surface area contributed by atoms with Crippen LogP contribution in [0.25, 0.3) is 0 Å². The van der Waals surface area contributed by atoms with Crippen molar-refractivity contribution in [2.24, 2.45) is 0 Å². The van der Waals surface area contributed by atoms with E-state index in [2.05, 4.69) is 41.7 Å². The van der Waals surface area contributed by atoms with E-state index in [9.17, 15) is 0 Å². The van der Waals surface area contributed by atoms with E-state index in [1.807, 2.05) is 19.1 Å². The number of aryl methyl sites for hydroxylation is 1. The molecule has 98 valence electrons. The molecule has 0 heterocycles. The first kappa shape index (κ1) is 12.1. The summed E-state index contributed by atoms with van der Waals surface area (Å²) in [7, 11) is 0. The molecule has 0 saturated carbocycles. The molecule has 0 radical (unpaired) electrons. The highest BCUT2D eigenvalue weighted by molar-refractivity contribution is 5.51. The lowest BCUT2D eigenvalue weighted by atomic mass is 10.1. The predicted molar refractivity (Wildman–Crippen MR) is 78.7 cm³/mol. The minimum Gasteiger partial charge on any atom is -0.494 e. The number of anilines is 1. The van der Waals surface area contributed by atoms with Crippen LogP contribution in [0.1, 0.15) is 30.5 Å². The summed E-state index contributed by atoms with van der Waals surface area (Å²) in [4.78, 5) is 0. The quantitative estimate of drug-likeness (QED) is 0.882. The Morgan fingerprint density at radius 2 is 2.05 bits per heavy atom. The van der Waals surface area contributed by atoms with Crippen molar-refractivity contribution < 1.29 is 4.74 Å². The van der Waals surface area contributed by atoms with Gasteiger partial charge in [0.2, 0.25) is 0 Å². The van der Waals surface area contributed by atoms with Crippen molar-refractivity contribution in [3.63, 3.8) is 0 Å². The van der Waals surface area contributed by atoms with E-state index in [4.69, 9.17) is 4.74 Å². The van der Waals surface area contributed by atoms with Gasteiger partial charge in [-0.2, -0.15) is 0 Å². The molecule has 2 heteroatoms. The monoisotopic (exact) mass is 253 g/mol. The molecule has 0 saturated heterocycles. The number of nitrogens with one attached hydrogen (secondary N) is 1. The Kier molecular flexibility index (Phi) is 3.41. The van der Waals surface area contributed by atoms with Gasteiger partial charge in [0.25, 0.3) is 0 Å². The standard InChI is InChI=1S/C17H19NO/c1-2-19-15-8-5-7-14(12-15)18-17-11-10-13-6-3-4-9-16(13)17/h3-9,12,17-18H,2,10-11H2,1H3. The van der Waals surface area contributed by atoms with Gasteiger partial charge in [0.1, 0.15) is 5.75 Å². The third-order valence-corrected chi connectivity index (χ3v) is 3.62. The molecule has 0 fully saturated rings. The SMILES string of the molecule is CCOc1cccc(NC2CCc3ccccc32)c1. The maximum absolute atomic E-state index is 5.54. The first-order valence-electron chi connectivity index (χ1n) is 6.94. The summed E-state index contributed by atoms with van der Waals surface area (Å²) in [6, 6.07) is 17.3. The molecule has 0 spiro atoms. The fraction of sp³-hybridized carbons (Fsp3) is 0.294. The zero-order chi connectivity index (χ0) is 13.1. The van der Waals surface area contributed by atoms with Crippen LogP contribution in [-0.2, 0) is 6.42 Å². The van der Waals surface area contributed by atoms with Crippen LogP contribution in [0.4, 0.5) is 5.69 Å². The first-order valence-corrected chi connectivity index (χ1v) is 6.94. The van der Waals surface area contributed by atoms with Gasteiger partial charge in [0.15, 0.2) is 0 Å². The Morgan fingerprint density at radius 1 is 1.16 bits per heavy atom. The maximum atomic E-state index is 5.54. The summed E-state index contributed by atoms with van der Waals surface area (Å²) < 4.78 is 5.54. The molecule has 0 aliphatic heterocycles. The van der Waals surface area contributed by atoms with Crippen molar-refractivity contribution in [1.82, 2.24) is 0 Å². The fourth-order valence-corrected chi connectivity index (χ4v) is 2.75. The van der Waals surface area contributed by atoms with Gasteiger partial charge in [-0.05, 0) is 43.0 Å². The van der Waals surface area contributed by atoms with Gasteiger partial charge in [-0.25, -0.2) is 0 Å². The van der Waals surface area contributed by atoms with E-state index >= 15 is 0 Å². The number of benzene rings is 2. The topological polar surface area (TPSA) is 21.3 Å². The average molecular weight is 253 g/mol. The smallest absolute Gasteiger partial charge is 0.121 e. The van der Waals surface area contributed by atoms with Crippen LogP contribution in [0, 0.1) is 0 Å². The first-order chi connectivity index (χ1) is 9.36.